The SMILES string of the molecule is Cc1cnn(CC2CN(c3nc4ccccc4o3)CCO2)c1. The number of ether oxygens (including phenoxy) is 1. The molecule has 3 heterocycles. The molecule has 1 aliphatic heterocycles. The quantitative estimate of drug-likeness (QED) is 0.742. The van der Waals surface area contributed by atoms with Gasteiger partial charge in [0.25, 0.3) is 6.01 Å². The van der Waals surface area contributed by atoms with Crippen molar-refractivity contribution in [2.24, 2.45) is 0 Å². The van der Waals surface area contributed by atoms with Crippen LogP contribution < -0.4 is 4.90 Å². The highest BCUT2D eigenvalue weighted by Crippen LogP contribution is 2.23. The number of hydrogen-bond donors (Lipinski definition) is 0. The van der Waals surface area contributed by atoms with Gasteiger partial charge in [-0.1, -0.05) is 12.1 Å². The first-order valence-electron chi connectivity index (χ1n) is 7.49. The maximum atomic E-state index is 5.85. The van der Waals surface area contributed by atoms with Crippen molar-refractivity contribution >= 4 is 17.1 Å². The number of aromatic nitrogens is 3. The molecule has 1 fully saturated rings. The molecule has 2 aromatic heterocycles. The minimum absolute atomic E-state index is 0.0862. The number of rotatable bonds is 3. The zero-order valence-electron chi connectivity index (χ0n) is 12.5. The summed E-state index contributed by atoms with van der Waals surface area (Å²) in [5.74, 6) is 0. The third-order valence-electron chi connectivity index (χ3n) is 3.84. The van der Waals surface area contributed by atoms with Gasteiger partial charge >= 0.3 is 0 Å². The smallest absolute Gasteiger partial charge is 0.298 e. The van der Waals surface area contributed by atoms with Crippen molar-refractivity contribution in [3.05, 3.63) is 42.2 Å². The van der Waals surface area contributed by atoms with Gasteiger partial charge in [0.05, 0.1) is 32.0 Å². The van der Waals surface area contributed by atoms with Crippen molar-refractivity contribution in [2.75, 3.05) is 24.6 Å². The minimum Gasteiger partial charge on any atom is -0.423 e. The number of anilines is 1. The van der Waals surface area contributed by atoms with E-state index >= 15 is 0 Å². The van der Waals surface area contributed by atoms with Gasteiger partial charge in [-0.15, -0.1) is 0 Å². The molecule has 1 atom stereocenters. The van der Waals surface area contributed by atoms with Crippen LogP contribution >= 0.6 is 0 Å². The molecule has 6 nitrogen and oxygen atoms in total. The van der Waals surface area contributed by atoms with Crippen molar-refractivity contribution in [1.29, 1.82) is 0 Å². The second-order valence-corrected chi connectivity index (χ2v) is 5.64. The Balaban J connectivity index is 1.50. The van der Waals surface area contributed by atoms with Crippen molar-refractivity contribution in [1.82, 2.24) is 14.8 Å². The number of oxazole rings is 1. The Kier molecular flexibility index (Phi) is 3.31. The zero-order chi connectivity index (χ0) is 14.9. The maximum absolute atomic E-state index is 5.85. The summed E-state index contributed by atoms with van der Waals surface area (Å²) in [5.41, 5.74) is 2.87. The van der Waals surface area contributed by atoms with Crippen LogP contribution in [0.15, 0.2) is 41.1 Å². The van der Waals surface area contributed by atoms with Crippen LogP contribution in [0.1, 0.15) is 5.56 Å². The van der Waals surface area contributed by atoms with Crippen molar-refractivity contribution in [2.45, 2.75) is 19.6 Å². The molecule has 1 aromatic carbocycles. The summed E-state index contributed by atoms with van der Waals surface area (Å²) in [6.07, 6.45) is 3.98. The van der Waals surface area contributed by atoms with Gasteiger partial charge in [0.1, 0.15) is 5.52 Å². The van der Waals surface area contributed by atoms with E-state index in [9.17, 15) is 0 Å². The molecule has 6 heteroatoms. The minimum atomic E-state index is 0.0862. The average Bonchev–Trinajstić information content (AvgIpc) is 3.13. The number of nitrogens with zero attached hydrogens (tertiary/aromatic N) is 4. The molecule has 22 heavy (non-hydrogen) atoms. The van der Waals surface area contributed by atoms with E-state index in [1.165, 1.54) is 0 Å². The van der Waals surface area contributed by atoms with E-state index in [1.54, 1.807) is 0 Å². The average molecular weight is 298 g/mol. The lowest BCUT2D eigenvalue weighted by atomic mass is 10.3. The lowest BCUT2D eigenvalue weighted by molar-refractivity contribution is 0.0259. The highest BCUT2D eigenvalue weighted by molar-refractivity contribution is 5.74. The first kappa shape index (κ1) is 13.3. The van der Waals surface area contributed by atoms with Gasteiger partial charge in [-0.25, -0.2) is 0 Å². The summed E-state index contributed by atoms with van der Waals surface area (Å²) in [6, 6.07) is 8.51. The third kappa shape index (κ3) is 2.57. The third-order valence-corrected chi connectivity index (χ3v) is 3.84. The topological polar surface area (TPSA) is 56.3 Å². The monoisotopic (exact) mass is 298 g/mol. The molecular formula is C16H18N4O2. The van der Waals surface area contributed by atoms with Crippen LogP contribution in [0, 0.1) is 6.92 Å². The summed E-state index contributed by atoms with van der Waals surface area (Å²) >= 11 is 0. The van der Waals surface area contributed by atoms with E-state index in [0.29, 0.717) is 12.6 Å². The summed E-state index contributed by atoms with van der Waals surface area (Å²) in [6.45, 7) is 5.00. The summed E-state index contributed by atoms with van der Waals surface area (Å²) in [4.78, 5) is 6.71. The van der Waals surface area contributed by atoms with Gasteiger partial charge in [-0.05, 0) is 24.6 Å². The van der Waals surface area contributed by atoms with E-state index in [-0.39, 0.29) is 6.10 Å². The highest BCUT2D eigenvalue weighted by Gasteiger charge is 2.24. The molecular weight excluding hydrogens is 280 g/mol. The number of fused-ring (bicyclic) bond motifs is 1. The fraction of sp³-hybridized carbons (Fsp3) is 0.375. The first-order chi connectivity index (χ1) is 10.8. The summed E-state index contributed by atoms with van der Waals surface area (Å²) < 4.78 is 13.6. The molecule has 0 N–H and O–H groups in total. The van der Waals surface area contributed by atoms with Crippen LogP contribution in [0.4, 0.5) is 6.01 Å². The molecule has 114 valence electrons. The van der Waals surface area contributed by atoms with Crippen molar-refractivity contribution in [3.63, 3.8) is 0 Å². The van der Waals surface area contributed by atoms with E-state index in [0.717, 1.165) is 36.3 Å². The molecule has 3 aromatic rings. The predicted octanol–water partition coefficient (Wildman–Crippen LogP) is 2.24. The number of aryl methyl sites for hydroxylation is 1. The molecule has 4 rings (SSSR count). The van der Waals surface area contributed by atoms with Crippen LogP contribution in [-0.4, -0.2) is 40.6 Å². The molecule has 1 aliphatic rings. The summed E-state index contributed by atoms with van der Waals surface area (Å²) in [7, 11) is 0. The standard InChI is InChI=1S/C16H18N4O2/c1-12-8-17-20(9-12)11-13-10-19(6-7-21-13)16-18-14-4-2-3-5-15(14)22-16/h2-5,8-9,13H,6-7,10-11H2,1H3. The van der Waals surface area contributed by atoms with Gasteiger partial charge < -0.3 is 14.1 Å². The van der Waals surface area contributed by atoms with Crippen molar-refractivity contribution in [3.8, 4) is 0 Å². The second kappa shape index (κ2) is 5.46. The second-order valence-electron chi connectivity index (χ2n) is 5.64. The lowest BCUT2D eigenvalue weighted by Crippen LogP contribution is -2.44. The van der Waals surface area contributed by atoms with E-state index in [2.05, 4.69) is 15.0 Å². The van der Waals surface area contributed by atoms with Crippen LogP contribution in [0.5, 0.6) is 0 Å². The molecule has 1 unspecified atom stereocenters. The van der Waals surface area contributed by atoms with Gasteiger partial charge in [0.2, 0.25) is 0 Å². The Morgan fingerprint density at radius 1 is 1.32 bits per heavy atom. The van der Waals surface area contributed by atoms with E-state index in [4.69, 9.17) is 9.15 Å². The molecule has 1 saturated heterocycles. The number of hydrogen-bond acceptors (Lipinski definition) is 5. The molecule has 0 aliphatic carbocycles. The fourth-order valence-corrected chi connectivity index (χ4v) is 2.77. The molecule has 0 radical (unpaired) electrons. The van der Waals surface area contributed by atoms with E-state index < -0.39 is 0 Å². The number of para-hydroxylation sites is 2. The van der Waals surface area contributed by atoms with Gasteiger partial charge in [-0.3, -0.25) is 4.68 Å². The Morgan fingerprint density at radius 2 is 2.23 bits per heavy atom. The fourth-order valence-electron chi connectivity index (χ4n) is 2.77. The van der Waals surface area contributed by atoms with Crippen LogP contribution in [0.25, 0.3) is 11.1 Å². The van der Waals surface area contributed by atoms with Crippen LogP contribution in [0.3, 0.4) is 0 Å². The Labute approximate surface area is 128 Å². The zero-order valence-corrected chi connectivity index (χ0v) is 12.5. The van der Waals surface area contributed by atoms with Gasteiger partial charge in [0.15, 0.2) is 5.58 Å². The molecule has 0 amide bonds. The predicted molar refractivity (Wildman–Crippen MR) is 82.9 cm³/mol. The lowest BCUT2D eigenvalue weighted by Gasteiger charge is -2.31. The molecule has 0 bridgehead atoms. The van der Waals surface area contributed by atoms with Crippen LogP contribution in [0.2, 0.25) is 0 Å². The largest absolute Gasteiger partial charge is 0.423 e. The maximum Gasteiger partial charge on any atom is 0.298 e. The highest BCUT2D eigenvalue weighted by atomic mass is 16.5. The Morgan fingerprint density at radius 3 is 3.05 bits per heavy atom. The van der Waals surface area contributed by atoms with Crippen LogP contribution in [-0.2, 0) is 11.3 Å². The Bertz CT molecular complexity index is 746. The van der Waals surface area contributed by atoms with Crippen molar-refractivity contribution < 1.29 is 9.15 Å². The molecule has 0 spiro atoms. The first-order valence-corrected chi connectivity index (χ1v) is 7.49. The van der Waals surface area contributed by atoms with E-state index in [1.807, 2.05) is 48.3 Å². The Hall–Kier alpha value is -2.34. The normalized spacial score (nSPS) is 19.0. The van der Waals surface area contributed by atoms with Gasteiger partial charge in [0, 0.05) is 12.7 Å². The van der Waals surface area contributed by atoms with Gasteiger partial charge in [-0.2, -0.15) is 10.1 Å². The molecule has 0 saturated carbocycles. The number of benzene rings is 1. The number of morpholine rings is 1. The summed E-state index contributed by atoms with van der Waals surface area (Å²) in [5, 5.41) is 4.32.